The van der Waals surface area contributed by atoms with E-state index in [1.54, 1.807) is 13.0 Å². The average Bonchev–Trinajstić information content (AvgIpc) is 2.56. The Bertz CT molecular complexity index is 866. The minimum atomic E-state index is -0.430. The average molecular weight is 304 g/mol. The smallest absolute Gasteiger partial charge is 0.338 e. The Morgan fingerprint density at radius 3 is 2.43 bits per heavy atom. The number of para-hydroxylation sites is 1. The van der Waals surface area contributed by atoms with E-state index in [-0.39, 0.29) is 0 Å². The molecule has 3 heteroatoms. The van der Waals surface area contributed by atoms with E-state index in [2.05, 4.69) is 6.58 Å². The van der Waals surface area contributed by atoms with Crippen LogP contribution in [0.5, 0.6) is 17.2 Å². The van der Waals surface area contributed by atoms with Gasteiger partial charge in [0, 0.05) is 11.0 Å². The molecule has 3 nitrogen and oxygen atoms in total. The number of benzene rings is 3. The molecule has 0 aliphatic rings. The summed E-state index contributed by atoms with van der Waals surface area (Å²) < 4.78 is 11.2. The highest BCUT2D eigenvalue weighted by atomic mass is 16.5. The fourth-order valence-electron chi connectivity index (χ4n) is 2.19. The lowest BCUT2D eigenvalue weighted by Gasteiger charge is -2.10. The molecule has 0 amide bonds. The molecule has 3 aromatic rings. The molecular formula is C20H16O3. The minimum absolute atomic E-state index is 0.367. The van der Waals surface area contributed by atoms with Gasteiger partial charge in [-0.2, -0.15) is 0 Å². The number of hydrogen-bond acceptors (Lipinski definition) is 3. The lowest BCUT2D eigenvalue weighted by Crippen LogP contribution is -2.07. The van der Waals surface area contributed by atoms with Crippen molar-refractivity contribution in [2.24, 2.45) is 0 Å². The van der Waals surface area contributed by atoms with E-state index in [0.717, 1.165) is 22.3 Å². The first-order valence-corrected chi connectivity index (χ1v) is 7.27. The van der Waals surface area contributed by atoms with Gasteiger partial charge in [-0.15, -0.1) is 0 Å². The summed E-state index contributed by atoms with van der Waals surface area (Å²) in [5.41, 5.74) is 0.367. The van der Waals surface area contributed by atoms with Gasteiger partial charge in [-0.05, 0) is 48.7 Å². The molecule has 0 spiro atoms. The first-order chi connectivity index (χ1) is 11.1. The van der Waals surface area contributed by atoms with Crippen molar-refractivity contribution in [2.45, 2.75) is 6.92 Å². The van der Waals surface area contributed by atoms with Crippen molar-refractivity contribution in [3.05, 3.63) is 78.9 Å². The van der Waals surface area contributed by atoms with Crippen LogP contribution in [0, 0.1) is 0 Å². The van der Waals surface area contributed by atoms with E-state index >= 15 is 0 Å². The quantitative estimate of drug-likeness (QED) is 0.381. The summed E-state index contributed by atoms with van der Waals surface area (Å²) in [4.78, 5) is 11.6. The van der Waals surface area contributed by atoms with Crippen LogP contribution in [0.1, 0.15) is 6.92 Å². The monoisotopic (exact) mass is 304 g/mol. The predicted octanol–water partition coefficient (Wildman–Crippen LogP) is 5.11. The topological polar surface area (TPSA) is 35.5 Å². The number of rotatable bonds is 4. The molecule has 0 heterocycles. The van der Waals surface area contributed by atoms with Crippen LogP contribution >= 0.6 is 0 Å². The molecule has 0 unspecified atom stereocenters. The van der Waals surface area contributed by atoms with Crippen molar-refractivity contribution in [3.63, 3.8) is 0 Å². The van der Waals surface area contributed by atoms with Gasteiger partial charge >= 0.3 is 5.97 Å². The van der Waals surface area contributed by atoms with Crippen molar-refractivity contribution in [3.8, 4) is 17.2 Å². The number of ether oxygens (including phenoxy) is 2. The van der Waals surface area contributed by atoms with Crippen LogP contribution in [-0.4, -0.2) is 5.97 Å². The molecule has 0 aliphatic heterocycles. The van der Waals surface area contributed by atoms with Crippen molar-refractivity contribution in [1.29, 1.82) is 0 Å². The molecule has 0 N–H and O–H groups in total. The number of hydrogen-bond donors (Lipinski definition) is 0. The Morgan fingerprint density at radius 1 is 0.913 bits per heavy atom. The second-order valence-electron chi connectivity index (χ2n) is 5.22. The molecule has 3 rings (SSSR count). The molecule has 0 fully saturated rings. The summed E-state index contributed by atoms with van der Waals surface area (Å²) in [6.07, 6.45) is 0. The van der Waals surface area contributed by atoms with E-state index in [1.807, 2.05) is 60.7 Å². The number of carbonyl (C=O) groups excluding carboxylic acids is 1. The van der Waals surface area contributed by atoms with Crippen molar-refractivity contribution in [2.75, 3.05) is 0 Å². The molecule has 3 aromatic carbocycles. The summed E-state index contributed by atoms with van der Waals surface area (Å²) in [5, 5.41) is 1.89. The molecule has 0 saturated carbocycles. The maximum Gasteiger partial charge on any atom is 0.338 e. The van der Waals surface area contributed by atoms with Gasteiger partial charge in [-0.25, -0.2) is 4.79 Å². The van der Waals surface area contributed by atoms with Crippen molar-refractivity contribution >= 4 is 16.7 Å². The third kappa shape index (κ3) is 3.40. The Labute approximate surface area is 134 Å². The van der Waals surface area contributed by atoms with Crippen molar-refractivity contribution < 1.29 is 14.3 Å². The second-order valence-corrected chi connectivity index (χ2v) is 5.22. The highest BCUT2D eigenvalue weighted by molar-refractivity contribution is 5.92. The summed E-state index contributed by atoms with van der Waals surface area (Å²) >= 11 is 0. The highest BCUT2D eigenvalue weighted by Crippen LogP contribution is 2.32. The maximum atomic E-state index is 11.6. The minimum Gasteiger partial charge on any atom is -0.457 e. The van der Waals surface area contributed by atoms with E-state index in [9.17, 15) is 4.79 Å². The van der Waals surface area contributed by atoms with Gasteiger partial charge in [0.15, 0.2) is 0 Å². The Hall–Kier alpha value is -3.07. The van der Waals surface area contributed by atoms with Crippen LogP contribution in [0.3, 0.4) is 0 Å². The van der Waals surface area contributed by atoms with Crippen LogP contribution in [0.15, 0.2) is 78.9 Å². The van der Waals surface area contributed by atoms with E-state index in [1.165, 1.54) is 0 Å². The van der Waals surface area contributed by atoms with Crippen LogP contribution in [0.2, 0.25) is 0 Å². The second kappa shape index (κ2) is 6.36. The first kappa shape index (κ1) is 14.9. The zero-order chi connectivity index (χ0) is 16.2. The fourth-order valence-corrected chi connectivity index (χ4v) is 2.19. The predicted molar refractivity (Wildman–Crippen MR) is 90.9 cm³/mol. The largest absolute Gasteiger partial charge is 0.457 e. The maximum absolute atomic E-state index is 11.6. The van der Waals surface area contributed by atoms with Gasteiger partial charge in [-0.1, -0.05) is 36.9 Å². The van der Waals surface area contributed by atoms with E-state index in [4.69, 9.17) is 9.47 Å². The Kier molecular flexibility index (Phi) is 4.11. The number of esters is 1. The molecule has 0 aliphatic carbocycles. The van der Waals surface area contributed by atoms with Crippen molar-refractivity contribution in [1.82, 2.24) is 0 Å². The highest BCUT2D eigenvalue weighted by Gasteiger charge is 2.08. The number of fused-ring (bicyclic) bond motifs is 1. The molecule has 114 valence electrons. The molecule has 23 heavy (non-hydrogen) atoms. The van der Waals surface area contributed by atoms with E-state index in [0.29, 0.717) is 11.3 Å². The molecule has 0 aromatic heterocycles. The molecular weight excluding hydrogens is 288 g/mol. The summed E-state index contributed by atoms with van der Waals surface area (Å²) in [7, 11) is 0. The van der Waals surface area contributed by atoms with Gasteiger partial charge in [0.05, 0.1) is 0 Å². The van der Waals surface area contributed by atoms with Crippen LogP contribution in [-0.2, 0) is 4.79 Å². The number of carbonyl (C=O) groups is 1. The van der Waals surface area contributed by atoms with Crippen LogP contribution < -0.4 is 9.47 Å². The molecule has 0 atom stereocenters. The van der Waals surface area contributed by atoms with Gasteiger partial charge in [0.25, 0.3) is 0 Å². The SMILES string of the molecule is C=C(C)C(=O)Oc1ccc2c(Oc3ccccc3)cccc2c1. The molecule has 0 saturated heterocycles. The summed E-state index contributed by atoms with van der Waals surface area (Å²) in [6, 6.07) is 20.8. The van der Waals surface area contributed by atoms with Gasteiger partial charge in [-0.3, -0.25) is 0 Å². The van der Waals surface area contributed by atoms with Crippen LogP contribution in [0.25, 0.3) is 10.8 Å². The zero-order valence-electron chi connectivity index (χ0n) is 12.8. The Balaban J connectivity index is 1.93. The lowest BCUT2D eigenvalue weighted by atomic mass is 10.1. The Morgan fingerprint density at radius 2 is 1.70 bits per heavy atom. The molecule has 0 radical (unpaired) electrons. The first-order valence-electron chi connectivity index (χ1n) is 7.27. The lowest BCUT2D eigenvalue weighted by molar-refractivity contribution is -0.130. The fraction of sp³-hybridized carbons (Fsp3) is 0.0500. The summed E-state index contributed by atoms with van der Waals surface area (Å²) in [5.74, 6) is 1.59. The van der Waals surface area contributed by atoms with E-state index < -0.39 is 5.97 Å². The third-order valence-electron chi connectivity index (χ3n) is 3.34. The third-order valence-corrected chi connectivity index (χ3v) is 3.34. The van der Waals surface area contributed by atoms with Gasteiger partial charge < -0.3 is 9.47 Å². The standard InChI is InChI=1S/C20H16O3/c1-14(2)20(21)23-17-11-12-18-15(13-17)7-6-10-19(18)22-16-8-4-3-5-9-16/h3-13H,1H2,2H3. The van der Waals surface area contributed by atoms with Gasteiger partial charge in [0.1, 0.15) is 17.2 Å². The normalized spacial score (nSPS) is 10.3. The summed E-state index contributed by atoms with van der Waals surface area (Å²) in [6.45, 7) is 5.20. The zero-order valence-corrected chi connectivity index (χ0v) is 12.8. The van der Waals surface area contributed by atoms with Crippen LogP contribution in [0.4, 0.5) is 0 Å². The molecule has 0 bridgehead atoms. The van der Waals surface area contributed by atoms with Gasteiger partial charge in [0.2, 0.25) is 0 Å².